The lowest BCUT2D eigenvalue weighted by Gasteiger charge is -2.09. The summed E-state index contributed by atoms with van der Waals surface area (Å²) in [6, 6.07) is 3.98. The summed E-state index contributed by atoms with van der Waals surface area (Å²) in [7, 11) is -7.81. The van der Waals surface area contributed by atoms with Crippen molar-refractivity contribution in [2.75, 3.05) is 11.0 Å². The number of hydrogen-bond acceptors (Lipinski definition) is 5. The van der Waals surface area contributed by atoms with E-state index in [9.17, 15) is 25.6 Å². The number of halogens is 3. The standard InChI is InChI=1S/C14H10BrF2N3O4S2/c1-25(21,22)8-2-3-13-14(6-18-20(13)7-8)26(23,24)19-12-5-10(16)9(15)4-11(12)17/h2-7,19H,1H3. The van der Waals surface area contributed by atoms with Crippen LogP contribution in [0.15, 0.2) is 50.9 Å². The van der Waals surface area contributed by atoms with E-state index in [1.165, 1.54) is 12.1 Å². The number of hydrogen-bond donors (Lipinski definition) is 1. The number of benzene rings is 1. The lowest BCUT2D eigenvalue weighted by Crippen LogP contribution is -2.14. The number of pyridine rings is 1. The quantitative estimate of drug-likeness (QED) is 0.597. The Morgan fingerprint density at radius 1 is 1.12 bits per heavy atom. The highest BCUT2D eigenvalue weighted by Gasteiger charge is 2.23. The van der Waals surface area contributed by atoms with Crippen molar-refractivity contribution in [3.8, 4) is 0 Å². The van der Waals surface area contributed by atoms with E-state index < -0.39 is 37.2 Å². The molecule has 0 aliphatic heterocycles. The molecule has 3 rings (SSSR count). The molecule has 0 bridgehead atoms. The van der Waals surface area contributed by atoms with E-state index in [0.717, 1.165) is 29.2 Å². The summed E-state index contributed by atoms with van der Waals surface area (Å²) in [5.41, 5.74) is -0.499. The molecule has 0 saturated heterocycles. The first-order chi connectivity index (χ1) is 12.0. The summed E-state index contributed by atoms with van der Waals surface area (Å²) >= 11 is 2.80. The molecule has 1 aromatic carbocycles. The molecule has 3 aromatic rings. The van der Waals surface area contributed by atoms with Crippen molar-refractivity contribution in [1.82, 2.24) is 9.61 Å². The minimum atomic E-state index is -4.30. The Bertz CT molecular complexity index is 1240. The minimum Gasteiger partial charge on any atom is -0.276 e. The van der Waals surface area contributed by atoms with E-state index in [1.807, 2.05) is 4.72 Å². The number of fused-ring (bicyclic) bond motifs is 1. The van der Waals surface area contributed by atoms with Crippen LogP contribution in [-0.4, -0.2) is 32.7 Å². The van der Waals surface area contributed by atoms with E-state index in [1.54, 1.807) is 0 Å². The van der Waals surface area contributed by atoms with Gasteiger partial charge in [0.05, 0.1) is 26.8 Å². The summed E-state index contributed by atoms with van der Waals surface area (Å²) in [5.74, 6) is -1.82. The number of nitrogens with one attached hydrogen (secondary N) is 1. The summed E-state index contributed by atoms with van der Waals surface area (Å²) < 4.78 is 78.5. The molecule has 0 amide bonds. The van der Waals surface area contributed by atoms with Gasteiger partial charge in [0.2, 0.25) is 0 Å². The molecule has 138 valence electrons. The molecule has 7 nitrogen and oxygen atoms in total. The number of aromatic nitrogens is 2. The summed E-state index contributed by atoms with van der Waals surface area (Å²) in [4.78, 5) is -0.369. The second-order valence-electron chi connectivity index (χ2n) is 5.33. The molecule has 2 heterocycles. The van der Waals surface area contributed by atoms with Crippen molar-refractivity contribution >= 4 is 47.0 Å². The van der Waals surface area contributed by atoms with Crippen LogP contribution in [0.2, 0.25) is 0 Å². The zero-order valence-electron chi connectivity index (χ0n) is 12.9. The van der Waals surface area contributed by atoms with Gasteiger partial charge in [-0.1, -0.05) is 0 Å². The smallest absolute Gasteiger partial charge is 0.265 e. The van der Waals surface area contributed by atoms with E-state index in [-0.39, 0.29) is 19.8 Å². The Labute approximate surface area is 155 Å². The largest absolute Gasteiger partial charge is 0.276 e. The van der Waals surface area contributed by atoms with Gasteiger partial charge in [-0.2, -0.15) is 5.10 Å². The number of anilines is 1. The van der Waals surface area contributed by atoms with Crippen LogP contribution >= 0.6 is 15.9 Å². The van der Waals surface area contributed by atoms with Crippen LogP contribution in [-0.2, 0) is 19.9 Å². The van der Waals surface area contributed by atoms with Gasteiger partial charge in [0, 0.05) is 18.5 Å². The fraction of sp³-hybridized carbons (Fsp3) is 0.0714. The summed E-state index contributed by atoms with van der Waals surface area (Å²) in [6.07, 6.45) is 3.14. The van der Waals surface area contributed by atoms with Gasteiger partial charge in [0.25, 0.3) is 10.0 Å². The maximum absolute atomic E-state index is 13.9. The van der Waals surface area contributed by atoms with E-state index in [0.29, 0.717) is 6.07 Å². The Hall–Kier alpha value is -2.05. The molecule has 1 N–H and O–H groups in total. The van der Waals surface area contributed by atoms with Crippen LogP contribution in [0.4, 0.5) is 14.5 Å². The van der Waals surface area contributed by atoms with Crippen LogP contribution in [0.5, 0.6) is 0 Å². The molecule has 0 spiro atoms. The fourth-order valence-corrected chi connectivity index (χ4v) is 4.27. The monoisotopic (exact) mass is 465 g/mol. The number of nitrogens with zero attached hydrogens (tertiary/aromatic N) is 2. The predicted octanol–water partition coefficient (Wildman–Crippen LogP) is 2.58. The molecule has 0 saturated carbocycles. The Kier molecular flexibility index (Phi) is 4.53. The zero-order valence-corrected chi connectivity index (χ0v) is 16.2. The molecular formula is C14H10BrF2N3O4S2. The molecule has 0 aliphatic rings. The average Bonchev–Trinajstić information content (AvgIpc) is 2.95. The van der Waals surface area contributed by atoms with Gasteiger partial charge in [0.1, 0.15) is 16.5 Å². The van der Waals surface area contributed by atoms with Gasteiger partial charge in [-0.25, -0.2) is 30.1 Å². The maximum atomic E-state index is 13.9. The Morgan fingerprint density at radius 2 is 1.81 bits per heavy atom. The highest BCUT2D eigenvalue weighted by Crippen LogP contribution is 2.27. The van der Waals surface area contributed by atoms with Gasteiger partial charge >= 0.3 is 0 Å². The molecular weight excluding hydrogens is 456 g/mol. The van der Waals surface area contributed by atoms with Crippen LogP contribution in [0.1, 0.15) is 0 Å². The third-order valence-corrected chi connectivity index (χ3v) is 6.51. The van der Waals surface area contributed by atoms with Crippen molar-refractivity contribution in [2.24, 2.45) is 0 Å². The normalized spacial score (nSPS) is 12.5. The first kappa shape index (κ1) is 18.7. The molecule has 12 heteroatoms. The molecule has 0 aliphatic carbocycles. The van der Waals surface area contributed by atoms with Crippen molar-refractivity contribution < 1.29 is 25.6 Å². The minimum absolute atomic E-state index is 0.0500. The van der Waals surface area contributed by atoms with E-state index in [2.05, 4.69) is 21.0 Å². The van der Waals surface area contributed by atoms with Gasteiger partial charge in [0.15, 0.2) is 9.84 Å². The van der Waals surface area contributed by atoms with Crippen LogP contribution < -0.4 is 4.72 Å². The second kappa shape index (κ2) is 6.28. The number of rotatable bonds is 4. The first-order valence-corrected chi connectivity index (χ1v) is 11.0. The van der Waals surface area contributed by atoms with Crippen molar-refractivity contribution in [3.05, 3.63) is 52.8 Å². The summed E-state index contributed by atoms with van der Waals surface area (Å²) in [6.45, 7) is 0. The Morgan fingerprint density at radius 3 is 2.46 bits per heavy atom. The van der Waals surface area contributed by atoms with Gasteiger partial charge < -0.3 is 0 Å². The average molecular weight is 466 g/mol. The predicted molar refractivity (Wildman–Crippen MR) is 93.2 cm³/mol. The van der Waals surface area contributed by atoms with Crippen molar-refractivity contribution in [1.29, 1.82) is 0 Å². The van der Waals surface area contributed by atoms with Crippen LogP contribution in [0, 0.1) is 11.6 Å². The third kappa shape index (κ3) is 3.44. The SMILES string of the molecule is CS(=O)(=O)c1ccc2c(S(=O)(=O)Nc3cc(F)c(Br)cc3F)cnn2c1. The van der Waals surface area contributed by atoms with Gasteiger partial charge in [-0.05, 0) is 34.1 Å². The first-order valence-electron chi connectivity index (χ1n) is 6.84. The molecule has 0 atom stereocenters. The van der Waals surface area contributed by atoms with E-state index in [4.69, 9.17) is 0 Å². The van der Waals surface area contributed by atoms with Crippen molar-refractivity contribution in [3.63, 3.8) is 0 Å². The van der Waals surface area contributed by atoms with Crippen molar-refractivity contribution in [2.45, 2.75) is 9.79 Å². The highest BCUT2D eigenvalue weighted by molar-refractivity contribution is 9.10. The molecule has 26 heavy (non-hydrogen) atoms. The lowest BCUT2D eigenvalue weighted by molar-refractivity contribution is 0.592. The molecule has 0 fully saturated rings. The summed E-state index contributed by atoms with van der Waals surface area (Å²) in [5, 5.41) is 3.81. The Balaban J connectivity index is 2.07. The molecule has 2 aromatic heterocycles. The van der Waals surface area contributed by atoms with Gasteiger partial charge in [-0.15, -0.1) is 0 Å². The van der Waals surface area contributed by atoms with Crippen LogP contribution in [0.25, 0.3) is 5.52 Å². The van der Waals surface area contributed by atoms with Gasteiger partial charge in [-0.3, -0.25) is 4.72 Å². The second-order valence-corrected chi connectivity index (χ2v) is 9.85. The number of sulfonamides is 1. The topological polar surface area (TPSA) is 97.6 Å². The number of sulfone groups is 1. The van der Waals surface area contributed by atoms with E-state index >= 15 is 0 Å². The molecule has 0 radical (unpaired) electrons. The highest BCUT2D eigenvalue weighted by atomic mass is 79.9. The maximum Gasteiger partial charge on any atom is 0.265 e. The molecule has 0 unspecified atom stereocenters. The zero-order chi connectivity index (χ0) is 19.3. The van der Waals surface area contributed by atoms with Crippen LogP contribution in [0.3, 0.4) is 0 Å². The lowest BCUT2D eigenvalue weighted by atomic mass is 10.3. The third-order valence-electron chi connectivity index (χ3n) is 3.43. The fourth-order valence-electron chi connectivity index (χ4n) is 2.17.